The molecule has 5 aromatic rings. The van der Waals surface area contributed by atoms with Crippen molar-refractivity contribution in [1.29, 1.82) is 0 Å². The lowest BCUT2D eigenvalue weighted by molar-refractivity contribution is -0.115. The van der Waals surface area contributed by atoms with Crippen LogP contribution in [0.25, 0.3) is 6.08 Å². The minimum atomic E-state index is -0.506. The van der Waals surface area contributed by atoms with E-state index in [1.165, 1.54) is 11.8 Å². The number of thioether (sulfide) groups is 1. The molecule has 0 bridgehead atoms. The lowest BCUT2D eigenvalue weighted by Crippen LogP contribution is -2.30. The fraction of sp³-hybridized carbons (Fsp3) is 0.0789. The molecule has 3 amide bonds. The molecule has 0 aliphatic carbocycles. The number of nitrogens with zero attached hydrogens (tertiary/aromatic N) is 1. The van der Waals surface area contributed by atoms with Crippen molar-refractivity contribution in [2.24, 2.45) is 0 Å². The summed E-state index contributed by atoms with van der Waals surface area (Å²) in [5.41, 5.74) is 3.19. The number of hydrogen-bond donors (Lipinski definition) is 2. The van der Waals surface area contributed by atoms with Crippen molar-refractivity contribution >= 4 is 52.6 Å². The van der Waals surface area contributed by atoms with Crippen LogP contribution in [0.3, 0.4) is 0 Å². The first-order chi connectivity index (χ1) is 22.5. The van der Waals surface area contributed by atoms with Gasteiger partial charge < -0.3 is 15.4 Å². The Morgan fingerprint density at radius 3 is 2.00 bits per heavy atom. The van der Waals surface area contributed by atoms with E-state index in [2.05, 4.69) is 10.6 Å². The van der Waals surface area contributed by atoms with Crippen molar-refractivity contribution in [3.8, 4) is 5.75 Å². The molecular formula is C38H33N3O4S. The number of anilines is 3. The molecule has 0 saturated carbocycles. The van der Waals surface area contributed by atoms with Gasteiger partial charge in [0.15, 0.2) is 0 Å². The first kappa shape index (κ1) is 31.8. The molecule has 0 radical (unpaired) electrons. The molecular weight excluding hydrogens is 595 g/mol. The number of nitrogens with one attached hydrogen (secondary N) is 2. The Bertz CT molecular complexity index is 1770. The number of para-hydroxylation sites is 3. The molecule has 0 atom stereocenters. The second-order valence-corrected chi connectivity index (χ2v) is 11.1. The van der Waals surface area contributed by atoms with Gasteiger partial charge in [0.25, 0.3) is 11.8 Å². The van der Waals surface area contributed by atoms with Crippen molar-refractivity contribution in [1.82, 2.24) is 5.32 Å². The Kier molecular flexibility index (Phi) is 11.0. The Hall–Kier alpha value is -5.60. The number of amides is 3. The molecule has 0 aliphatic rings. The molecule has 2 N–H and O–H groups in total. The Morgan fingerprint density at radius 1 is 0.739 bits per heavy atom. The summed E-state index contributed by atoms with van der Waals surface area (Å²) in [4.78, 5) is 42.7. The van der Waals surface area contributed by atoms with Crippen molar-refractivity contribution in [2.75, 3.05) is 22.6 Å². The number of rotatable bonds is 12. The van der Waals surface area contributed by atoms with Gasteiger partial charge in [0.2, 0.25) is 5.91 Å². The quantitative estimate of drug-likeness (QED) is 0.108. The summed E-state index contributed by atoms with van der Waals surface area (Å²) < 4.78 is 5.74. The van der Waals surface area contributed by atoms with Crippen molar-refractivity contribution in [2.45, 2.75) is 11.8 Å². The number of carbonyl (C=O) groups is 3. The lowest BCUT2D eigenvalue weighted by atomic mass is 10.1. The summed E-state index contributed by atoms with van der Waals surface area (Å²) in [6, 6.07) is 42.3. The lowest BCUT2D eigenvalue weighted by Gasteiger charge is -2.23. The highest BCUT2D eigenvalue weighted by Crippen LogP contribution is 2.29. The van der Waals surface area contributed by atoms with Crippen LogP contribution in [-0.2, 0) is 9.59 Å². The number of hydrogen-bond acceptors (Lipinski definition) is 5. The highest BCUT2D eigenvalue weighted by molar-refractivity contribution is 8.00. The van der Waals surface area contributed by atoms with Crippen LogP contribution in [0.1, 0.15) is 22.8 Å². The van der Waals surface area contributed by atoms with E-state index in [1.807, 2.05) is 110 Å². The molecule has 0 unspecified atom stereocenters. The van der Waals surface area contributed by atoms with Gasteiger partial charge in [0.1, 0.15) is 11.4 Å². The van der Waals surface area contributed by atoms with E-state index in [1.54, 1.807) is 47.4 Å². The maximum atomic E-state index is 13.6. The Labute approximate surface area is 272 Å². The van der Waals surface area contributed by atoms with Crippen LogP contribution in [0.5, 0.6) is 5.75 Å². The molecule has 0 heterocycles. The second-order valence-electron chi connectivity index (χ2n) is 10.0. The normalized spacial score (nSPS) is 10.9. The molecule has 0 aliphatic heterocycles. The van der Waals surface area contributed by atoms with E-state index in [9.17, 15) is 14.4 Å². The van der Waals surface area contributed by atoms with Crippen LogP contribution in [0.2, 0.25) is 0 Å². The minimum absolute atomic E-state index is 0.0515. The van der Waals surface area contributed by atoms with E-state index in [4.69, 9.17) is 4.74 Å². The molecule has 7 nitrogen and oxygen atoms in total. The van der Waals surface area contributed by atoms with Crippen LogP contribution in [-0.4, -0.2) is 30.1 Å². The van der Waals surface area contributed by atoms with E-state index in [0.717, 1.165) is 16.3 Å². The summed E-state index contributed by atoms with van der Waals surface area (Å²) in [5, 5.41) is 5.67. The molecule has 5 rings (SSSR count). The Balaban J connectivity index is 1.33. The summed E-state index contributed by atoms with van der Waals surface area (Å²) >= 11 is 1.37. The van der Waals surface area contributed by atoms with Crippen LogP contribution in [0.15, 0.2) is 150 Å². The molecule has 5 aromatic carbocycles. The van der Waals surface area contributed by atoms with E-state index < -0.39 is 11.8 Å². The maximum Gasteiger partial charge on any atom is 0.272 e. The average molecular weight is 628 g/mol. The van der Waals surface area contributed by atoms with E-state index in [-0.39, 0.29) is 17.4 Å². The van der Waals surface area contributed by atoms with Crippen molar-refractivity contribution in [3.63, 3.8) is 0 Å². The van der Waals surface area contributed by atoms with Gasteiger partial charge in [-0.15, -0.1) is 11.8 Å². The van der Waals surface area contributed by atoms with Crippen molar-refractivity contribution in [3.05, 3.63) is 156 Å². The summed E-state index contributed by atoms with van der Waals surface area (Å²) in [6.45, 7) is 2.33. The fourth-order valence-electron chi connectivity index (χ4n) is 4.65. The zero-order chi connectivity index (χ0) is 32.1. The van der Waals surface area contributed by atoms with Gasteiger partial charge in [-0.2, -0.15) is 0 Å². The predicted octanol–water partition coefficient (Wildman–Crippen LogP) is 7.95. The number of ether oxygens (including phenoxy) is 1. The average Bonchev–Trinajstić information content (AvgIpc) is 3.09. The smallest absolute Gasteiger partial charge is 0.272 e. The van der Waals surface area contributed by atoms with Crippen molar-refractivity contribution < 1.29 is 19.1 Å². The SMILES string of the molecule is CCOc1ccccc1/C=C(\NC(=O)c1ccccc1)C(=O)Nc1cccc(SCC(=O)N(c2ccccc2)c2ccccc2)c1. The van der Waals surface area contributed by atoms with Crippen LogP contribution in [0, 0.1) is 0 Å². The zero-order valence-corrected chi connectivity index (χ0v) is 26.1. The third-order valence-electron chi connectivity index (χ3n) is 6.78. The summed E-state index contributed by atoms with van der Waals surface area (Å²) in [5.74, 6) is -0.243. The monoisotopic (exact) mass is 627 g/mol. The largest absolute Gasteiger partial charge is 0.493 e. The van der Waals surface area contributed by atoms with Gasteiger partial charge in [0.05, 0.1) is 12.4 Å². The highest BCUT2D eigenvalue weighted by atomic mass is 32.2. The first-order valence-corrected chi connectivity index (χ1v) is 15.8. The summed E-state index contributed by atoms with van der Waals surface area (Å²) in [6.07, 6.45) is 1.60. The number of carbonyl (C=O) groups excluding carboxylic acids is 3. The molecule has 0 aromatic heterocycles. The number of benzene rings is 5. The Morgan fingerprint density at radius 2 is 1.35 bits per heavy atom. The van der Waals surface area contributed by atoms with Gasteiger partial charge in [-0.1, -0.05) is 78.9 Å². The van der Waals surface area contributed by atoms with Gasteiger partial charge in [-0.05, 0) is 73.7 Å². The van der Waals surface area contributed by atoms with Gasteiger partial charge in [0, 0.05) is 33.1 Å². The highest BCUT2D eigenvalue weighted by Gasteiger charge is 2.19. The van der Waals surface area contributed by atoms with Gasteiger partial charge >= 0.3 is 0 Å². The van der Waals surface area contributed by atoms with E-state index >= 15 is 0 Å². The maximum absolute atomic E-state index is 13.6. The zero-order valence-electron chi connectivity index (χ0n) is 25.3. The third-order valence-corrected chi connectivity index (χ3v) is 7.76. The van der Waals surface area contributed by atoms with Crippen LogP contribution < -0.4 is 20.3 Å². The van der Waals surface area contributed by atoms with Crippen LogP contribution >= 0.6 is 11.8 Å². The van der Waals surface area contributed by atoms with E-state index in [0.29, 0.717) is 29.2 Å². The van der Waals surface area contributed by atoms with Crippen LogP contribution in [0.4, 0.5) is 17.1 Å². The fourth-order valence-corrected chi connectivity index (χ4v) is 5.45. The minimum Gasteiger partial charge on any atom is -0.493 e. The topological polar surface area (TPSA) is 87.7 Å². The van der Waals surface area contributed by atoms with Gasteiger partial charge in [-0.25, -0.2) is 0 Å². The predicted molar refractivity (Wildman–Crippen MR) is 185 cm³/mol. The second kappa shape index (κ2) is 15.9. The molecule has 46 heavy (non-hydrogen) atoms. The first-order valence-electron chi connectivity index (χ1n) is 14.8. The van der Waals surface area contributed by atoms with Gasteiger partial charge in [-0.3, -0.25) is 19.3 Å². The standard InChI is InChI=1S/C38H33N3O4S/c1-2-45-35-24-13-12-17-29(35)25-34(40-37(43)28-15-6-3-7-16-28)38(44)39-30-18-14-23-33(26-30)46-27-36(42)41(31-19-8-4-9-20-31)32-21-10-5-11-22-32/h3-26H,2,27H2,1H3,(H,39,44)(H,40,43)/b34-25-. The summed E-state index contributed by atoms with van der Waals surface area (Å²) in [7, 11) is 0. The third kappa shape index (κ3) is 8.52. The molecule has 230 valence electrons. The molecule has 0 fully saturated rings. The molecule has 8 heteroatoms. The molecule has 0 saturated heterocycles. The molecule has 0 spiro atoms.